The Hall–Kier alpha value is -0.860. The molecule has 2 nitrogen and oxygen atoms in total. The highest BCUT2D eigenvalue weighted by molar-refractivity contribution is 5.35. The number of nitrogens with one attached hydrogen (secondary N) is 1. The first-order valence-electron chi connectivity index (χ1n) is 6.29. The van der Waals surface area contributed by atoms with Gasteiger partial charge in [0.05, 0.1) is 12.7 Å². The summed E-state index contributed by atoms with van der Waals surface area (Å²) in [6, 6.07) is 7.32. The van der Waals surface area contributed by atoms with Crippen LogP contribution in [0.1, 0.15) is 35.6 Å². The molecule has 0 spiro atoms. The van der Waals surface area contributed by atoms with Crippen LogP contribution in [0.3, 0.4) is 0 Å². The zero-order valence-corrected chi connectivity index (χ0v) is 9.83. The van der Waals surface area contributed by atoms with E-state index in [4.69, 9.17) is 4.74 Å². The minimum absolute atomic E-state index is 0.283. The summed E-state index contributed by atoms with van der Waals surface area (Å²) < 4.78 is 5.98. The molecular formula is C14H19NO. The lowest BCUT2D eigenvalue weighted by Crippen LogP contribution is -2.33. The summed E-state index contributed by atoms with van der Waals surface area (Å²) in [5, 5.41) is 3.56. The van der Waals surface area contributed by atoms with Gasteiger partial charge in [0.2, 0.25) is 0 Å². The van der Waals surface area contributed by atoms with Gasteiger partial charge < -0.3 is 10.1 Å². The average Bonchev–Trinajstić information content (AvgIpc) is 2.81. The average molecular weight is 217 g/mol. The zero-order chi connectivity index (χ0) is 11.0. The third kappa shape index (κ3) is 1.76. The lowest BCUT2D eigenvalue weighted by molar-refractivity contribution is 0.0199. The predicted octanol–water partition coefficient (Wildman–Crippen LogP) is 2.36. The van der Waals surface area contributed by atoms with Gasteiger partial charge >= 0.3 is 0 Å². The minimum Gasteiger partial charge on any atom is -0.372 e. The van der Waals surface area contributed by atoms with Crippen LogP contribution < -0.4 is 5.32 Å². The highest BCUT2D eigenvalue weighted by Crippen LogP contribution is 2.33. The highest BCUT2D eigenvalue weighted by atomic mass is 16.5. The first-order chi connectivity index (χ1) is 7.84. The Labute approximate surface area is 97.0 Å². The molecule has 1 aromatic rings. The number of hydrogen-bond acceptors (Lipinski definition) is 2. The number of fused-ring (bicyclic) bond motifs is 1. The quantitative estimate of drug-likeness (QED) is 0.779. The van der Waals surface area contributed by atoms with Crippen molar-refractivity contribution in [2.45, 2.75) is 38.3 Å². The summed E-state index contributed by atoms with van der Waals surface area (Å²) in [7, 11) is 0. The van der Waals surface area contributed by atoms with E-state index in [1.165, 1.54) is 29.5 Å². The van der Waals surface area contributed by atoms with Crippen molar-refractivity contribution in [1.29, 1.82) is 0 Å². The second-order valence-electron chi connectivity index (χ2n) is 4.95. The summed E-state index contributed by atoms with van der Waals surface area (Å²) in [4.78, 5) is 0. The summed E-state index contributed by atoms with van der Waals surface area (Å²) >= 11 is 0. The number of hydrogen-bond donors (Lipinski definition) is 1. The largest absolute Gasteiger partial charge is 0.372 e. The molecule has 0 aliphatic carbocycles. The van der Waals surface area contributed by atoms with Gasteiger partial charge in [-0.1, -0.05) is 23.8 Å². The van der Waals surface area contributed by atoms with Crippen molar-refractivity contribution < 1.29 is 4.74 Å². The van der Waals surface area contributed by atoms with Crippen molar-refractivity contribution in [3.63, 3.8) is 0 Å². The van der Waals surface area contributed by atoms with Gasteiger partial charge in [-0.25, -0.2) is 0 Å². The van der Waals surface area contributed by atoms with Gasteiger partial charge in [-0.3, -0.25) is 0 Å². The standard InChI is InChI=1S/C14H19NO/c1-10-4-5-11-6-8-16-14(12(11)9-10)13-3-2-7-15-13/h4-5,9,13-15H,2-3,6-8H2,1H3/t13-,14+/m0/s1. The second-order valence-corrected chi connectivity index (χ2v) is 4.95. The lowest BCUT2D eigenvalue weighted by atomic mass is 9.91. The first kappa shape index (κ1) is 10.3. The maximum absolute atomic E-state index is 5.98. The first-order valence-corrected chi connectivity index (χ1v) is 6.29. The third-order valence-corrected chi connectivity index (χ3v) is 3.74. The van der Waals surface area contributed by atoms with Gasteiger partial charge in [0.25, 0.3) is 0 Å². The smallest absolute Gasteiger partial charge is 0.0980 e. The molecule has 2 heterocycles. The summed E-state index contributed by atoms with van der Waals surface area (Å²) in [6.07, 6.45) is 3.88. The van der Waals surface area contributed by atoms with Gasteiger partial charge in [0, 0.05) is 6.04 Å². The van der Waals surface area contributed by atoms with Crippen LogP contribution in [0.2, 0.25) is 0 Å². The normalized spacial score (nSPS) is 29.1. The van der Waals surface area contributed by atoms with Crippen LogP contribution >= 0.6 is 0 Å². The van der Waals surface area contributed by atoms with E-state index < -0.39 is 0 Å². The summed E-state index contributed by atoms with van der Waals surface area (Å²) in [6.45, 7) is 4.18. The second kappa shape index (κ2) is 4.19. The fourth-order valence-corrected chi connectivity index (χ4v) is 2.90. The maximum Gasteiger partial charge on any atom is 0.0980 e. The topological polar surface area (TPSA) is 21.3 Å². The molecule has 0 amide bonds. The Bertz CT molecular complexity index is 382. The van der Waals surface area contributed by atoms with E-state index in [2.05, 4.69) is 30.4 Å². The Morgan fingerprint density at radius 2 is 2.31 bits per heavy atom. The van der Waals surface area contributed by atoms with Crippen molar-refractivity contribution >= 4 is 0 Å². The van der Waals surface area contributed by atoms with Crippen molar-refractivity contribution in [3.8, 4) is 0 Å². The molecule has 0 radical (unpaired) electrons. The van der Waals surface area contributed by atoms with Crippen LogP contribution in [-0.2, 0) is 11.2 Å². The number of ether oxygens (including phenoxy) is 1. The molecule has 2 heteroatoms. The van der Waals surface area contributed by atoms with Crippen molar-refractivity contribution in [3.05, 3.63) is 34.9 Å². The molecule has 2 atom stereocenters. The zero-order valence-electron chi connectivity index (χ0n) is 9.83. The Balaban J connectivity index is 1.94. The van der Waals surface area contributed by atoms with Crippen LogP contribution in [0.15, 0.2) is 18.2 Å². The van der Waals surface area contributed by atoms with E-state index in [1.807, 2.05) is 0 Å². The van der Waals surface area contributed by atoms with Gasteiger partial charge in [0.15, 0.2) is 0 Å². The molecule has 1 N–H and O–H groups in total. The molecule has 0 aromatic heterocycles. The molecule has 1 fully saturated rings. The van der Waals surface area contributed by atoms with E-state index in [9.17, 15) is 0 Å². The molecule has 1 aromatic carbocycles. The van der Waals surface area contributed by atoms with Gasteiger partial charge in [-0.2, -0.15) is 0 Å². The SMILES string of the molecule is Cc1ccc2c(c1)[C@H]([C@@H]1CCCN1)OCC2. The van der Waals surface area contributed by atoms with Crippen LogP contribution in [0.25, 0.3) is 0 Å². The van der Waals surface area contributed by atoms with Crippen LogP contribution in [0.4, 0.5) is 0 Å². The molecule has 16 heavy (non-hydrogen) atoms. The number of aryl methyl sites for hydroxylation is 1. The predicted molar refractivity (Wildman–Crippen MR) is 64.6 cm³/mol. The molecule has 2 aliphatic rings. The molecule has 86 valence electrons. The monoisotopic (exact) mass is 217 g/mol. The maximum atomic E-state index is 5.98. The lowest BCUT2D eigenvalue weighted by Gasteiger charge is -2.30. The Kier molecular flexibility index (Phi) is 2.70. The van der Waals surface area contributed by atoms with Crippen molar-refractivity contribution in [2.24, 2.45) is 0 Å². The molecule has 0 saturated carbocycles. The highest BCUT2D eigenvalue weighted by Gasteiger charge is 2.30. The molecule has 0 bridgehead atoms. The fourth-order valence-electron chi connectivity index (χ4n) is 2.90. The van der Waals surface area contributed by atoms with E-state index in [0.29, 0.717) is 6.04 Å². The van der Waals surface area contributed by atoms with Crippen LogP contribution in [-0.4, -0.2) is 19.2 Å². The van der Waals surface area contributed by atoms with Crippen LogP contribution in [0, 0.1) is 6.92 Å². The van der Waals surface area contributed by atoms with Gasteiger partial charge in [0.1, 0.15) is 0 Å². The Morgan fingerprint density at radius 3 is 3.12 bits per heavy atom. The van der Waals surface area contributed by atoms with E-state index in [0.717, 1.165) is 19.6 Å². The number of rotatable bonds is 1. The summed E-state index contributed by atoms with van der Waals surface area (Å²) in [5.74, 6) is 0. The summed E-state index contributed by atoms with van der Waals surface area (Å²) in [5.41, 5.74) is 4.24. The number of benzene rings is 1. The molecule has 3 rings (SSSR count). The van der Waals surface area contributed by atoms with E-state index >= 15 is 0 Å². The molecular weight excluding hydrogens is 198 g/mol. The fraction of sp³-hybridized carbons (Fsp3) is 0.571. The van der Waals surface area contributed by atoms with Gasteiger partial charge in [-0.15, -0.1) is 0 Å². The van der Waals surface area contributed by atoms with Crippen molar-refractivity contribution in [2.75, 3.05) is 13.2 Å². The van der Waals surface area contributed by atoms with Gasteiger partial charge in [-0.05, 0) is 43.9 Å². The minimum atomic E-state index is 0.283. The molecule has 1 saturated heterocycles. The van der Waals surface area contributed by atoms with Crippen LogP contribution in [0.5, 0.6) is 0 Å². The molecule has 0 unspecified atom stereocenters. The molecule has 2 aliphatic heterocycles. The van der Waals surface area contributed by atoms with E-state index in [1.54, 1.807) is 0 Å². The van der Waals surface area contributed by atoms with Crippen molar-refractivity contribution in [1.82, 2.24) is 5.32 Å². The van der Waals surface area contributed by atoms with E-state index in [-0.39, 0.29) is 6.10 Å². The third-order valence-electron chi connectivity index (χ3n) is 3.74. The Morgan fingerprint density at radius 1 is 1.38 bits per heavy atom.